The predicted molar refractivity (Wildman–Crippen MR) is 93.5 cm³/mol. The molecule has 3 aromatic rings. The van der Waals surface area contributed by atoms with Crippen LogP contribution in [0.3, 0.4) is 0 Å². The van der Waals surface area contributed by atoms with E-state index in [4.69, 9.17) is 11.6 Å². The number of aromatic nitrogens is 1. The van der Waals surface area contributed by atoms with E-state index in [0.717, 1.165) is 40.3 Å². The molecule has 0 amide bonds. The maximum absolute atomic E-state index is 14.4. The maximum atomic E-state index is 14.4. The second kappa shape index (κ2) is 5.80. The molecule has 2 heterocycles. The fourth-order valence-corrected chi connectivity index (χ4v) is 5.08. The Morgan fingerprint density at radius 3 is 2.65 bits per heavy atom. The minimum Gasteiger partial charge on any atom is -0.341 e. The third-order valence-electron chi connectivity index (χ3n) is 4.06. The van der Waals surface area contributed by atoms with Crippen LogP contribution in [0.15, 0.2) is 44.6 Å². The molecule has 23 heavy (non-hydrogen) atoms. The van der Waals surface area contributed by atoms with Gasteiger partial charge in [0.1, 0.15) is 0 Å². The van der Waals surface area contributed by atoms with Crippen LogP contribution >= 0.6 is 39.3 Å². The fourth-order valence-electron chi connectivity index (χ4n) is 3.08. The predicted octanol–water partition coefficient (Wildman–Crippen LogP) is 6.43. The normalized spacial score (nSPS) is 13.7. The molecule has 1 aliphatic heterocycles. The average Bonchev–Trinajstić information content (AvgIpc) is 3.09. The van der Waals surface area contributed by atoms with Gasteiger partial charge in [0.05, 0.1) is 5.52 Å². The second-order valence-electron chi connectivity index (χ2n) is 5.46. The Kier molecular flexibility index (Phi) is 3.90. The van der Waals surface area contributed by atoms with Gasteiger partial charge in [-0.1, -0.05) is 23.4 Å². The lowest BCUT2D eigenvalue weighted by molar-refractivity contribution is 0.511. The molecule has 0 radical (unpaired) electrons. The molecule has 0 atom stereocenters. The van der Waals surface area contributed by atoms with Crippen molar-refractivity contribution in [3.63, 3.8) is 0 Å². The minimum absolute atomic E-state index is 0.362. The number of benzene rings is 2. The molecule has 1 aromatic heterocycles. The van der Waals surface area contributed by atoms with Gasteiger partial charge in [0.2, 0.25) is 0 Å². The third kappa shape index (κ3) is 2.49. The summed E-state index contributed by atoms with van der Waals surface area (Å²) in [5, 5.41) is 1.43. The molecule has 1 aliphatic rings. The molecule has 0 spiro atoms. The van der Waals surface area contributed by atoms with E-state index in [2.05, 4.69) is 15.9 Å². The number of aryl methyl sites for hydroxylation is 1. The Morgan fingerprint density at radius 2 is 1.91 bits per heavy atom. The number of hydrogen-bond acceptors (Lipinski definition) is 1. The van der Waals surface area contributed by atoms with E-state index in [1.165, 1.54) is 6.07 Å². The molecule has 4 rings (SSSR count). The number of rotatable bonds is 2. The van der Waals surface area contributed by atoms with Crippen molar-refractivity contribution in [3.05, 3.63) is 57.2 Å². The van der Waals surface area contributed by atoms with Gasteiger partial charge in [0, 0.05) is 36.9 Å². The number of nitrogens with zero attached hydrogens (tertiary/aromatic N) is 1. The van der Waals surface area contributed by atoms with Crippen molar-refractivity contribution in [1.29, 1.82) is 0 Å². The Balaban J connectivity index is 1.96. The van der Waals surface area contributed by atoms with Gasteiger partial charge in [-0.2, -0.15) is 0 Å². The standard InChI is InChI=1S/C17H11BrClF2NS/c18-11-8-12(20)15(21)16-14(11)17(13-2-1-7-22(13)16)23-10-5-3-9(19)4-6-10/h3-6,8H,1-2,7H2. The number of fused-ring (bicyclic) bond motifs is 3. The van der Waals surface area contributed by atoms with Gasteiger partial charge in [-0.15, -0.1) is 0 Å². The summed E-state index contributed by atoms with van der Waals surface area (Å²) in [7, 11) is 0. The molecule has 2 aromatic carbocycles. The highest BCUT2D eigenvalue weighted by atomic mass is 79.9. The van der Waals surface area contributed by atoms with Crippen LogP contribution in [-0.2, 0) is 13.0 Å². The van der Waals surface area contributed by atoms with Gasteiger partial charge < -0.3 is 4.57 Å². The minimum atomic E-state index is -0.820. The van der Waals surface area contributed by atoms with E-state index in [-0.39, 0.29) is 0 Å². The smallest absolute Gasteiger partial charge is 0.183 e. The van der Waals surface area contributed by atoms with Gasteiger partial charge in [-0.05, 0) is 59.1 Å². The average molecular weight is 415 g/mol. The molecule has 0 fully saturated rings. The SMILES string of the molecule is Fc1cc(Br)c2c(Sc3ccc(Cl)cc3)c3n(c2c1F)CCC3. The first-order chi connectivity index (χ1) is 11.1. The summed E-state index contributed by atoms with van der Waals surface area (Å²) in [5.74, 6) is -1.59. The van der Waals surface area contributed by atoms with Crippen LogP contribution in [0.5, 0.6) is 0 Å². The summed E-state index contributed by atoms with van der Waals surface area (Å²) in [6.45, 7) is 0.722. The molecule has 6 heteroatoms. The summed E-state index contributed by atoms with van der Waals surface area (Å²) in [6.07, 6.45) is 1.82. The van der Waals surface area contributed by atoms with Crippen molar-refractivity contribution < 1.29 is 8.78 Å². The third-order valence-corrected chi connectivity index (χ3v) is 6.09. The molecule has 0 bridgehead atoms. The van der Waals surface area contributed by atoms with Crippen LogP contribution in [0.1, 0.15) is 12.1 Å². The second-order valence-corrected chi connectivity index (χ2v) is 7.84. The van der Waals surface area contributed by atoms with Gasteiger partial charge in [0.25, 0.3) is 0 Å². The van der Waals surface area contributed by atoms with Crippen molar-refractivity contribution in [2.45, 2.75) is 29.2 Å². The Morgan fingerprint density at radius 1 is 1.17 bits per heavy atom. The Hall–Kier alpha value is -1.04. The summed E-state index contributed by atoms with van der Waals surface area (Å²) in [6, 6.07) is 8.74. The first-order valence-corrected chi connectivity index (χ1v) is 9.17. The van der Waals surface area contributed by atoms with Crippen molar-refractivity contribution in [2.75, 3.05) is 0 Å². The van der Waals surface area contributed by atoms with Crippen molar-refractivity contribution in [1.82, 2.24) is 4.57 Å². The summed E-state index contributed by atoms with van der Waals surface area (Å²) in [5.41, 5.74) is 1.44. The van der Waals surface area contributed by atoms with E-state index < -0.39 is 11.6 Å². The monoisotopic (exact) mass is 413 g/mol. The van der Waals surface area contributed by atoms with Gasteiger partial charge in [-0.25, -0.2) is 8.78 Å². The molecular formula is C17H11BrClF2NS. The van der Waals surface area contributed by atoms with Crippen molar-refractivity contribution in [2.24, 2.45) is 0 Å². The van der Waals surface area contributed by atoms with Crippen LogP contribution in [0.4, 0.5) is 8.78 Å². The molecule has 0 saturated heterocycles. The van der Waals surface area contributed by atoms with Crippen LogP contribution in [-0.4, -0.2) is 4.57 Å². The summed E-state index contributed by atoms with van der Waals surface area (Å²) in [4.78, 5) is 2.01. The van der Waals surface area contributed by atoms with Crippen LogP contribution in [0.2, 0.25) is 5.02 Å². The lowest BCUT2D eigenvalue weighted by atomic mass is 10.2. The highest BCUT2D eigenvalue weighted by Crippen LogP contribution is 2.45. The Labute approximate surface area is 149 Å². The first kappa shape index (κ1) is 15.5. The molecule has 0 saturated carbocycles. The van der Waals surface area contributed by atoms with Gasteiger partial charge >= 0.3 is 0 Å². The van der Waals surface area contributed by atoms with Crippen molar-refractivity contribution in [3.8, 4) is 0 Å². The van der Waals surface area contributed by atoms with E-state index in [0.29, 0.717) is 15.0 Å². The van der Waals surface area contributed by atoms with Gasteiger partial charge in [-0.3, -0.25) is 0 Å². The number of halogens is 4. The first-order valence-electron chi connectivity index (χ1n) is 7.18. The quantitative estimate of drug-likeness (QED) is 0.437. The molecule has 0 unspecified atom stereocenters. The number of hydrogen-bond donors (Lipinski definition) is 0. The van der Waals surface area contributed by atoms with Crippen LogP contribution in [0, 0.1) is 11.6 Å². The van der Waals surface area contributed by atoms with Crippen LogP contribution in [0.25, 0.3) is 10.9 Å². The van der Waals surface area contributed by atoms with Crippen molar-refractivity contribution >= 4 is 50.2 Å². The molecular weight excluding hydrogens is 404 g/mol. The topological polar surface area (TPSA) is 4.93 Å². The van der Waals surface area contributed by atoms with E-state index >= 15 is 0 Å². The zero-order valence-corrected chi connectivity index (χ0v) is 15.0. The zero-order valence-electron chi connectivity index (χ0n) is 11.9. The molecule has 1 nitrogen and oxygen atoms in total. The highest BCUT2D eigenvalue weighted by Gasteiger charge is 2.27. The molecule has 118 valence electrons. The maximum Gasteiger partial charge on any atom is 0.183 e. The van der Waals surface area contributed by atoms with E-state index in [1.54, 1.807) is 11.8 Å². The summed E-state index contributed by atoms with van der Waals surface area (Å²) < 4.78 is 30.7. The summed E-state index contributed by atoms with van der Waals surface area (Å²) >= 11 is 10.9. The van der Waals surface area contributed by atoms with E-state index in [9.17, 15) is 8.78 Å². The fraction of sp³-hybridized carbons (Fsp3) is 0.176. The lowest BCUT2D eigenvalue weighted by Crippen LogP contribution is -1.96. The molecule has 0 N–H and O–H groups in total. The zero-order chi connectivity index (χ0) is 16.1. The molecule has 0 aliphatic carbocycles. The van der Waals surface area contributed by atoms with Gasteiger partial charge in [0.15, 0.2) is 11.6 Å². The largest absolute Gasteiger partial charge is 0.341 e. The van der Waals surface area contributed by atoms with E-state index in [1.807, 2.05) is 28.8 Å². The Bertz CT molecular complexity index is 921. The van der Waals surface area contributed by atoms with Crippen LogP contribution < -0.4 is 0 Å². The lowest BCUT2D eigenvalue weighted by Gasteiger charge is -2.05. The highest BCUT2D eigenvalue weighted by molar-refractivity contribution is 9.10.